The molecular weight excluding hydrogens is 299 g/mol. The zero-order valence-electron chi connectivity index (χ0n) is 7.99. The Morgan fingerprint density at radius 3 is 2.35 bits per heavy atom. The van der Waals surface area contributed by atoms with Gasteiger partial charge in [-0.3, -0.25) is 0 Å². The van der Waals surface area contributed by atoms with E-state index < -0.39 is 12.3 Å². The lowest BCUT2D eigenvalue weighted by molar-refractivity contribution is -0.180. The Balaban J connectivity index is 2.48. The van der Waals surface area contributed by atoms with Crippen molar-refractivity contribution in [2.75, 3.05) is 0 Å². The molecule has 0 aliphatic carbocycles. The first-order valence-corrected chi connectivity index (χ1v) is 5.53. The van der Waals surface area contributed by atoms with E-state index in [2.05, 4.69) is 0 Å². The lowest BCUT2D eigenvalue weighted by Crippen LogP contribution is -2.34. The average Bonchev–Trinajstić information content (AvgIpc) is 2.24. The fourth-order valence-electron chi connectivity index (χ4n) is 1.37. The topological polar surface area (TPSA) is 9.23 Å². The molecule has 1 heterocycles. The number of alkyl halides is 3. The van der Waals surface area contributed by atoms with E-state index in [-0.39, 0.29) is 20.8 Å². The van der Waals surface area contributed by atoms with Gasteiger partial charge in [-0.2, -0.15) is 13.2 Å². The quantitative estimate of drug-likeness (QED) is 0.614. The first-order chi connectivity index (χ1) is 7.80. The highest BCUT2D eigenvalue weighted by Crippen LogP contribution is 2.44. The molecule has 0 fully saturated rings. The van der Waals surface area contributed by atoms with E-state index in [1.807, 2.05) is 0 Å². The summed E-state index contributed by atoms with van der Waals surface area (Å²) in [5, 5.41) is 0.0187. The molecule has 0 unspecified atom stereocenters. The van der Waals surface area contributed by atoms with Crippen molar-refractivity contribution in [2.45, 2.75) is 12.3 Å². The molecule has 1 atom stereocenters. The fourth-order valence-corrected chi connectivity index (χ4v) is 2.03. The van der Waals surface area contributed by atoms with E-state index in [9.17, 15) is 13.2 Å². The summed E-state index contributed by atoms with van der Waals surface area (Å²) in [5.41, 5.74) is 0.366. The predicted molar refractivity (Wildman–Crippen MR) is 61.0 cm³/mol. The van der Waals surface area contributed by atoms with Crippen molar-refractivity contribution in [1.29, 1.82) is 0 Å². The zero-order valence-corrected chi connectivity index (χ0v) is 10.3. The monoisotopic (exact) mass is 302 g/mol. The lowest BCUT2D eigenvalue weighted by atomic mass is 10.1. The molecule has 0 N–H and O–H groups in total. The third-order valence-electron chi connectivity index (χ3n) is 2.16. The molecule has 0 spiro atoms. The second-order valence-corrected chi connectivity index (χ2v) is 4.51. The summed E-state index contributed by atoms with van der Waals surface area (Å²) >= 11 is 17.3. The number of hydrogen-bond acceptors (Lipinski definition) is 1. The summed E-state index contributed by atoms with van der Waals surface area (Å²) in [6.07, 6.45) is -4.37. The Kier molecular flexibility index (Phi) is 3.23. The number of rotatable bonds is 0. The van der Waals surface area contributed by atoms with Crippen LogP contribution in [0.15, 0.2) is 12.1 Å². The molecule has 17 heavy (non-hydrogen) atoms. The number of benzene rings is 1. The number of halogens is 6. The minimum absolute atomic E-state index is 0.0247. The largest absolute Gasteiger partial charge is 0.475 e. The molecular formula is C10H4Cl3F3O. The number of fused-ring (bicyclic) bond motifs is 1. The highest BCUT2D eigenvalue weighted by atomic mass is 35.5. The van der Waals surface area contributed by atoms with Crippen LogP contribution in [0.4, 0.5) is 13.2 Å². The molecule has 92 valence electrons. The summed E-state index contributed by atoms with van der Waals surface area (Å²) in [7, 11) is 0. The van der Waals surface area contributed by atoms with Gasteiger partial charge in [0.05, 0.1) is 10.0 Å². The minimum Gasteiger partial charge on any atom is -0.475 e. The van der Waals surface area contributed by atoms with Crippen molar-refractivity contribution in [3.63, 3.8) is 0 Å². The summed E-state index contributed by atoms with van der Waals surface area (Å²) in [5.74, 6) is -0.106. The maximum absolute atomic E-state index is 12.5. The van der Waals surface area contributed by atoms with Crippen LogP contribution in [0.25, 0.3) is 6.08 Å². The van der Waals surface area contributed by atoms with Gasteiger partial charge < -0.3 is 4.74 Å². The van der Waals surface area contributed by atoms with E-state index in [1.165, 1.54) is 12.1 Å². The Morgan fingerprint density at radius 1 is 1.12 bits per heavy atom. The highest BCUT2D eigenvalue weighted by molar-refractivity contribution is 6.48. The highest BCUT2D eigenvalue weighted by Gasteiger charge is 2.42. The molecule has 1 nitrogen and oxygen atoms in total. The van der Waals surface area contributed by atoms with Crippen LogP contribution < -0.4 is 4.74 Å². The van der Waals surface area contributed by atoms with Gasteiger partial charge in [0.25, 0.3) is 0 Å². The number of ether oxygens (including phenoxy) is 1. The Labute approximate surface area is 110 Å². The molecule has 7 heteroatoms. The van der Waals surface area contributed by atoms with Crippen molar-refractivity contribution in [3.8, 4) is 5.75 Å². The Bertz CT molecular complexity index is 497. The van der Waals surface area contributed by atoms with Gasteiger partial charge in [0.1, 0.15) is 10.8 Å². The van der Waals surface area contributed by atoms with Crippen LogP contribution >= 0.6 is 34.8 Å². The van der Waals surface area contributed by atoms with Gasteiger partial charge >= 0.3 is 6.18 Å². The first-order valence-electron chi connectivity index (χ1n) is 4.40. The van der Waals surface area contributed by atoms with Crippen molar-refractivity contribution in [1.82, 2.24) is 0 Å². The summed E-state index contributed by atoms with van der Waals surface area (Å²) in [6.45, 7) is 0. The molecule has 0 radical (unpaired) electrons. The van der Waals surface area contributed by atoms with Gasteiger partial charge in [0.15, 0.2) is 0 Å². The second-order valence-electron chi connectivity index (χ2n) is 3.34. The van der Waals surface area contributed by atoms with Gasteiger partial charge in [0, 0.05) is 5.56 Å². The Hall–Kier alpha value is -0.580. The molecule has 0 saturated carbocycles. The van der Waals surface area contributed by atoms with Crippen molar-refractivity contribution < 1.29 is 17.9 Å². The third kappa shape index (κ3) is 2.34. The van der Waals surface area contributed by atoms with E-state index in [4.69, 9.17) is 39.5 Å². The summed E-state index contributed by atoms with van der Waals surface area (Å²) in [4.78, 5) is 0. The van der Waals surface area contributed by atoms with Gasteiger partial charge in [-0.1, -0.05) is 40.9 Å². The van der Waals surface area contributed by atoms with E-state index in [0.717, 1.165) is 6.08 Å². The molecule has 0 saturated heterocycles. The SMILES string of the molecule is FC(F)(F)[C@@H]1C=Cc2cc(Cl)c(Cl)c(Cl)c2O1. The van der Waals surface area contributed by atoms with Crippen molar-refractivity contribution in [3.05, 3.63) is 32.8 Å². The average molecular weight is 303 g/mol. The molecule has 0 bridgehead atoms. The molecule has 2 rings (SSSR count). The van der Waals surface area contributed by atoms with Gasteiger partial charge in [0.2, 0.25) is 6.10 Å². The first kappa shape index (κ1) is 12.9. The molecule has 1 aliphatic rings. The van der Waals surface area contributed by atoms with E-state index in [1.54, 1.807) is 0 Å². The van der Waals surface area contributed by atoms with Crippen molar-refractivity contribution in [2.24, 2.45) is 0 Å². The van der Waals surface area contributed by atoms with E-state index >= 15 is 0 Å². The van der Waals surface area contributed by atoms with Crippen LogP contribution in [0.3, 0.4) is 0 Å². The molecule has 1 aromatic rings. The lowest BCUT2D eigenvalue weighted by Gasteiger charge is -2.24. The third-order valence-corrected chi connectivity index (χ3v) is 3.41. The second kappa shape index (κ2) is 4.26. The van der Waals surface area contributed by atoms with Crippen LogP contribution in [0.5, 0.6) is 5.75 Å². The van der Waals surface area contributed by atoms with Crippen molar-refractivity contribution >= 4 is 40.9 Å². The summed E-state index contributed by atoms with van der Waals surface area (Å²) in [6, 6.07) is 1.40. The zero-order chi connectivity index (χ0) is 12.8. The molecule has 0 amide bonds. The molecule has 0 aromatic heterocycles. The van der Waals surface area contributed by atoms with Gasteiger partial charge in [-0.05, 0) is 12.1 Å². The standard InChI is InChI=1S/C10H4Cl3F3O/c11-5-3-4-1-2-6(10(14,15)16)17-9(4)8(13)7(5)12/h1-3,6H/t6-/m0/s1. The Morgan fingerprint density at radius 2 is 1.76 bits per heavy atom. The summed E-state index contributed by atoms with van der Waals surface area (Å²) < 4.78 is 42.2. The smallest absolute Gasteiger partial charge is 0.429 e. The number of hydrogen-bond donors (Lipinski definition) is 0. The molecule has 1 aliphatic heterocycles. The predicted octanol–water partition coefficient (Wildman–Crippen LogP) is 4.98. The molecule has 1 aromatic carbocycles. The van der Waals surface area contributed by atoms with Gasteiger partial charge in [-0.15, -0.1) is 0 Å². The van der Waals surface area contributed by atoms with Gasteiger partial charge in [-0.25, -0.2) is 0 Å². The fraction of sp³-hybridized carbons (Fsp3) is 0.200. The minimum atomic E-state index is -4.50. The van der Waals surface area contributed by atoms with E-state index in [0.29, 0.717) is 5.56 Å². The van der Waals surface area contributed by atoms with Crippen LogP contribution in [0.2, 0.25) is 15.1 Å². The normalized spacial score (nSPS) is 18.8. The maximum atomic E-state index is 12.5. The van der Waals surface area contributed by atoms with Crippen LogP contribution in [0, 0.1) is 0 Å². The van der Waals surface area contributed by atoms with Crippen LogP contribution in [-0.2, 0) is 0 Å². The maximum Gasteiger partial charge on any atom is 0.429 e. The van der Waals surface area contributed by atoms with Crippen LogP contribution in [0.1, 0.15) is 5.56 Å². The van der Waals surface area contributed by atoms with Crippen LogP contribution in [-0.4, -0.2) is 12.3 Å².